The van der Waals surface area contributed by atoms with Gasteiger partial charge in [0.05, 0.1) is 33.6 Å². The van der Waals surface area contributed by atoms with E-state index >= 15 is 0 Å². The zero-order valence-corrected chi connectivity index (χ0v) is 17.4. The van der Waals surface area contributed by atoms with E-state index in [1.807, 2.05) is 0 Å². The Bertz CT molecular complexity index is 281. The van der Waals surface area contributed by atoms with E-state index in [-0.39, 0.29) is 5.73 Å². The summed E-state index contributed by atoms with van der Waals surface area (Å²) < 4.78 is 24.0. The first kappa shape index (κ1) is 20.5. The monoisotopic (exact) mass is 339 g/mol. The van der Waals surface area contributed by atoms with Crippen LogP contribution in [0.2, 0.25) is 39.3 Å². The van der Waals surface area contributed by atoms with Crippen molar-refractivity contribution in [3.8, 4) is 0 Å². The van der Waals surface area contributed by atoms with Crippen LogP contribution < -0.4 is 5.73 Å². The Balaban J connectivity index is 0.00000172. The lowest BCUT2D eigenvalue weighted by atomic mass is 10.7. The van der Waals surface area contributed by atoms with Crippen molar-refractivity contribution in [3.63, 3.8) is 0 Å². The van der Waals surface area contributed by atoms with Gasteiger partial charge in [0.15, 0.2) is 0 Å². The molecule has 0 aromatic heterocycles. The van der Waals surface area contributed by atoms with Crippen LogP contribution in [0.15, 0.2) is 0 Å². The van der Waals surface area contributed by atoms with Crippen LogP contribution >= 0.6 is 0 Å². The molecule has 0 saturated carbocycles. The van der Waals surface area contributed by atoms with Gasteiger partial charge in [-0.15, -0.1) is 0 Å². The van der Waals surface area contributed by atoms with Crippen molar-refractivity contribution in [3.05, 3.63) is 0 Å². The molecule has 122 valence electrons. The predicted molar refractivity (Wildman–Crippen MR) is 91.2 cm³/mol. The molecule has 1 aliphatic heterocycles. The molecular weight excluding hydrogens is 306 g/mol. The van der Waals surface area contributed by atoms with Crippen molar-refractivity contribution in [2.24, 2.45) is 5.73 Å². The van der Waals surface area contributed by atoms with Gasteiger partial charge >= 0.3 is 8.32 Å². The minimum Gasteiger partial charge on any atom is -0.380 e. The second-order valence-electron chi connectivity index (χ2n) is 6.91. The highest BCUT2D eigenvalue weighted by Gasteiger charge is 2.56. The highest BCUT2D eigenvalue weighted by molar-refractivity contribution is 7.33. The van der Waals surface area contributed by atoms with E-state index in [0.29, 0.717) is 19.8 Å². The third-order valence-corrected chi connectivity index (χ3v) is 16.2. The maximum atomic E-state index is 6.45. The molecule has 2 N–H and O–H groups in total. The molecule has 0 aliphatic carbocycles. The maximum absolute atomic E-state index is 6.45. The summed E-state index contributed by atoms with van der Waals surface area (Å²) in [6.45, 7) is 15.6. The number of nitrogens with two attached hydrogens (primary N) is 1. The summed E-state index contributed by atoms with van der Waals surface area (Å²) in [6.07, 6.45) is 0. The standard InChI is InChI=1S/C11H28O4Si3.CH5N/c1-12-18(17(5,6)7)14-9-8-13-10-11(15-18)16(2,3)4;1-2/h11H,8-10H2,1-7H3;2H2,1H3. The molecule has 0 spiro atoms. The van der Waals surface area contributed by atoms with E-state index in [2.05, 4.69) is 45.0 Å². The Morgan fingerprint density at radius 2 is 1.60 bits per heavy atom. The zero-order valence-electron chi connectivity index (χ0n) is 14.4. The van der Waals surface area contributed by atoms with Crippen molar-refractivity contribution >= 4 is 24.0 Å². The van der Waals surface area contributed by atoms with Gasteiger partial charge in [-0.3, -0.25) is 0 Å². The number of rotatable bonds is 3. The van der Waals surface area contributed by atoms with Gasteiger partial charge in [-0.2, -0.15) is 0 Å². The van der Waals surface area contributed by atoms with Crippen LogP contribution in [0.25, 0.3) is 0 Å². The Hall–Kier alpha value is 0.451. The summed E-state index contributed by atoms with van der Waals surface area (Å²) in [5, 5.41) is 0. The fourth-order valence-electron chi connectivity index (χ4n) is 1.91. The van der Waals surface area contributed by atoms with Crippen molar-refractivity contribution in [1.29, 1.82) is 0 Å². The molecule has 0 bridgehead atoms. The zero-order chi connectivity index (χ0) is 16.0. The van der Waals surface area contributed by atoms with E-state index < -0.39 is 24.0 Å². The van der Waals surface area contributed by atoms with Gasteiger partial charge in [0.1, 0.15) is 7.59 Å². The molecule has 20 heavy (non-hydrogen) atoms. The molecule has 8 heteroatoms. The smallest absolute Gasteiger partial charge is 0.380 e. The lowest BCUT2D eigenvalue weighted by Gasteiger charge is -2.43. The Morgan fingerprint density at radius 3 is 2.00 bits per heavy atom. The molecule has 1 rings (SSSR count). The Kier molecular flexibility index (Phi) is 8.36. The topological polar surface area (TPSA) is 62.9 Å². The summed E-state index contributed by atoms with van der Waals surface area (Å²) in [4.78, 5) is 0. The molecule has 1 aliphatic rings. The van der Waals surface area contributed by atoms with Crippen molar-refractivity contribution in [2.45, 2.75) is 45.0 Å². The van der Waals surface area contributed by atoms with Gasteiger partial charge in [-0.25, -0.2) is 0 Å². The maximum Gasteiger partial charge on any atom is 0.469 e. The van der Waals surface area contributed by atoms with Crippen LogP contribution in [0.5, 0.6) is 0 Å². The molecule has 2 atom stereocenters. The third kappa shape index (κ3) is 5.34. The van der Waals surface area contributed by atoms with Gasteiger partial charge in [-0.05, 0) is 7.05 Å². The van der Waals surface area contributed by atoms with Gasteiger partial charge in [-0.1, -0.05) is 39.3 Å². The second kappa shape index (κ2) is 8.18. The van der Waals surface area contributed by atoms with Crippen molar-refractivity contribution in [2.75, 3.05) is 34.0 Å². The summed E-state index contributed by atoms with van der Waals surface area (Å²) in [5.74, 6) is 0. The van der Waals surface area contributed by atoms with Crippen LogP contribution in [-0.4, -0.2) is 63.7 Å². The average molecular weight is 340 g/mol. The van der Waals surface area contributed by atoms with Crippen LogP contribution in [-0.2, 0) is 18.0 Å². The highest BCUT2D eigenvalue weighted by atomic mass is 29.3. The Morgan fingerprint density at radius 1 is 1.05 bits per heavy atom. The van der Waals surface area contributed by atoms with E-state index in [1.165, 1.54) is 7.05 Å². The number of hydrogen-bond acceptors (Lipinski definition) is 5. The van der Waals surface area contributed by atoms with Gasteiger partial charge in [0.2, 0.25) is 0 Å². The normalized spacial score (nSPS) is 28.9. The lowest BCUT2D eigenvalue weighted by Crippen LogP contribution is -2.68. The second-order valence-corrected chi connectivity index (χ2v) is 25.2. The minimum atomic E-state index is -2.52. The largest absolute Gasteiger partial charge is 0.469 e. The molecule has 0 amide bonds. The molecule has 2 unspecified atom stereocenters. The fraction of sp³-hybridized carbons (Fsp3) is 1.00. The third-order valence-electron chi connectivity index (χ3n) is 3.24. The molecule has 1 heterocycles. The summed E-state index contributed by atoms with van der Waals surface area (Å²) >= 11 is 0. The summed E-state index contributed by atoms with van der Waals surface area (Å²) in [5.41, 5.74) is 4.66. The van der Waals surface area contributed by atoms with E-state index in [1.54, 1.807) is 7.11 Å². The van der Waals surface area contributed by atoms with Gasteiger partial charge < -0.3 is 23.7 Å². The van der Waals surface area contributed by atoms with Gasteiger partial charge in [0, 0.05) is 7.11 Å². The Labute approximate surface area is 127 Å². The first-order chi connectivity index (χ1) is 9.12. The molecule has 1 saturated heterocycles. The fourth-order valence-corrected chi connectivity index (χ4v) is 12.2. The molecule has 0 aromatic rings. The minimum absolute atomic E-state index is 0.163. The van der Waals surface area contributed by atoms with E-state index in [0.717, 1.165) is 0 Å². The predicted octanol–water partition coefficient (Wildman–Crippen LogP) is 1.87. The quantitative estimate of drug-likeness (QED) is 0.795. The molecule has 1 fully saturated rings. The number of hydrogen-bond donors (Lipinski definition) is 1. The summed E-state index contributed by atoms with van der Waals surface area (Å²) in [6, 6.07) is 0. The average Bonchev–Trinajstić information content (AvgIpc) is 2.28. The van der Waals surface area contributed by atoms with Crippen LogP contribution in [0.1, 0.15) is 0 Å². The number of ether oxygens (including phenoxy) is 1. The van der Waals surface area contributed by atoms with Crippen LogP contribution in [0.3, 0.4) is 0 Å². The first-order valence-electron chi connectivity index (χ1n) is 7.15. The van der Waals surface area contributed by atoms with E-state index in [4.69, 9.17) is 18.0 Å². The van der Waals surface area contributed by atoms with Crippen molar-refractivity contribution < 1.29 is 18.0 Å². The molecular formula is C12H33NO4Si3. The molecule has 0 aromatic carbocycles. The SMILES string of the molecule is CN.CO[Si]1([Si](C)(C)C)OCCOCC([Si](C)(C)C)O1. The molecule has 5 nitrogen and oxygen atoms in total. The van der Waals surface area contributed by atoms with Crippen molar-refractivity contribution in [1.82, 2.24) is 0 Å². The highest BCUT2D eigenvalue weighted by Crippen LogP contribution is 2.28. The summed E-state index contributed by atoms with van der Waals surface area (Å²) in [7, 11) is -2.36. The van der Waals surface area contributed by atoms with Gasteiger partial charge in [0.25, 0.3) is 0 Å². The van der Waals surface area contributed by atoms with Crippen LogP contribution in [0.4, 0.5) is 0 Å². The first-order valence-corrected chi connectivity index (χ1v) is 16.9. The molecule has 0 radical (unpaired) electrons. The lowest BCUT2D eigenvalue weighted by molar-refractivity contribution is -0.0163. The van der Waals surface area contributed by atoms with Crippen LogP contribution in [0, 0.1) is 0 Å². The van der Waals surface area contributed by atoms with E-state index in [9.17, 15) is 0 Å².